The first kappa shape index (κ1) is 10.9. The summed E-state index contributed by atoms with van der Waals surface area (Å²) in [7, 11) is 1.48. The van der Waals surface area contributed by atoms with Crippen LogP contribution in [-0.2, 0) is 0 Å². The van der Waals surface area contributed by atoms with Crippen molar-refractivity contribution in [2.24, 2.45) is 5.73 Å². The van der Waals surface area contributed by atoms with Crippen molar-refractivity contribution in [2.45, 2.75) is 12.2 Å². The number of aliphatic hydroxyl groups excluding tert-OH is 2. The molecule has 1 heterocycles. The smallest absolute Gasteiger partial charge is 0.213 e. The maximum absolute atomic E-state index is 9.60. The molecule has 1 rings (SSSR count). The summed E-state index contributed by atoms with van der Waals surface area (Å²) < 4.78 is 4.88. The summed E-state index contributed by atoms with van der Waals surface area (Å²) in [6.07, 6.45) is -0.473. The van der Waals surface area contributed by atoms with Gasteiger partial charge in [-0.15, -0.1) is 0 Å². The van der Waals surface area contributed by atoms with Gasteiger partial charge in [0.2, 0.25) is 5.88 Å². The summed E-state index contributed by atoms with van der Waals surface area (Å²) in [5.41, 5.74) is 5.76. The Hall–Kier alpha value is -1.17. The Bertz CT molecular complexity index is 293. The van der Waals surface area contributed by atoms with E-state index in [1.165, 1.54) is 13.3 Å². The van der Waals surface area contributed by atoms with Crippen LogP contribution in [-0.4, -0.2) is 35.0 Å². The number of nitrogens with zero attached hydrogens (tertiary/aromatic N) is 1. The first-order valence-corrected chi connectivity index (χ1v) is 4.25. The average Bonchev–Trinajstić information content (AvgIpc) is 2.27. The van der Waals surface area contributed by atoms with Gasteiger partial charge >= 0.3 is 0 Å². The summed E-state index contributed by atoms with van der Waals surface area (Å²) in [6, 6.07) is 3.16. The molecule has 5 heteroatoms. The molecule has 0 saturated carbocycles. The van der Waals surface area contributed by atoms with Crippen LogP contribution in [0.15, 0.2) is 18.3 Å². The summed E-state index contributed by atoms with van der Waals surface area (Å²) >= 11 is 0. The highest BCUT2D eigenvalue weighted by Crippen LogP contribution is 2.19. The zero-order valence-electron chi connectivity index (χ0n) is 7.92. The van der Waals surface area contributed by atoms with Crippen molar-refractivity contribution in [1.29, 1.82) is 0 Å². The van der Waals surface area contributed by atoms with Gasteiger partial charge in [0.15, 0.2) is 0 Å². The third-order valence-corrected chi connectivity index (χ3v) is 1.92. The lowest BCUT2D eigenvalue weighted by Crippen LogP contribution is -2.27. The SMILES string of the molecule is COc1cc(C(O)C(O)CN)ccn1. The quantitative estimate of drug-likeness (QED) is 0.603. The lowest BCUT2D eigenvalue weighted by Gasteiger charge is -2.16. The minimum absolute atomic E-state index is 0.00576. The highest BCUT2D eigenvalue weighted by atomic mass is 16.5. The largest absolute Gasteiger partial charge is 0.481 e. The summed E-state index contributed by atoms with van der Waals surface area (Å²) in [4.78, 5) is 3.88. The number of nitrogens with two attached hydrogens (primary N) is 1. The zero-order chi connectivity index (χ0) is 10.6. The summed E-state index contributed by atoms with van der Waals surface area (Å²) in [5, 5.41) is 18.9. The van der Waals surface area contributed by atoms with Crippen LogP contribution < -0.4 is 10.5 Å². The van der Waals surface area contributed by atoms with Crippen molar-refractivity contribution >= 4 is 0 Å². The molecule has 0 aromatic carbocycles. The van der Waals surface area contributed by atoms with Gasteiger partial charge in [-0.25, -0.2) is 4.98 Å². The van der Waals surface area contributed by atoms with Crippen LogP contribution in [0.4, 0.5) is 0 Å². The highest BCUT2D eigenvalue weighted by molar-refractivity contribution is 5.23. The Morgan fingerprint density at radius 2 is 2.29 bits per heavy atom. The molecule has 2 atom stereocenters. The maximum atomic E-state index is 9.60. The summed E-state index contributed by atoms with van der Waals surface area (Å²) in [6.45, 7) is 0.00576. The molecule has 78 valence electrons. The van der Waals surface area contributed by atoms with Crippen molar-refractivity contribution in [1.82, 2.24) is 4.98 Å². The second kappa shape index (κ2) is 4.90. The van der Waals surface area contributed by atoms with Crippen molar-refractivity contribution < 1.29 is 14.9 Å². The van der Waals surface area contributed by atoms with Crippen LogP contribution >= 0.6 is 0 Å². The summed E-state index contributed by atoms with van der Waals surface area (Å²) in [5.74, 6) is 0.394. The van der Waals surface area contributed by atoms with Gasteiger partial charge in [0, 0.05) is 18.8 Å². The topological polar surface area (TPSA) is 88.6 Å². The first-order chi connectivity index (χ1) is 6.69. The average molecular weight is 198 g/mol. The minimum atomic E-state index is -1.00. The van der Waals surface area contributed by atoms with Crippen LogP contribution in [0.5, 0.6) is 5.88 Å². The monoisotopic (exact) mass is 198 g/mol. The number of hydrogen-bond donors (Lipinski definition) is 3. The maximum Gasteiger partial charge on any atom is 0.213 e. The van der Waals surface area contributed by atoms with E-state index in [2.05, 4.69) is 4.98 Å². The van der Waals surface area contributed by atoms with Crippen molar-refractivity contribution in [3.63, 3.8) is 0 Å². The highest BCUT2D eigenvalue weighted by Gasteiger charge is 2.17. The van der Waals surface area contributed by atoms with E-state index in [9.17, 15) is 10.2 Å². The predicted molar refractivity (Wildman–Crippen MR) is 50.8 cm³/mol. The van der Waals surface area contributed by atoms with Gasteiger partial charge in [0.1, 0.15) is 6.10 Å². The van der Waals surface area contributed by atoms with E-state index < -0.39 is 12.2 Å². The van der Waals surface area contributed by atoms with E-state index in [-0.39, 0.29) is 6.54 Å². The van der Waals surface area contributed by atoms with Gasteiger partial charge in [0.05, 0.1) is 13.2 Å². The number of pyridine rings is 1. The van der Waals surface area contributed by atoms with E-state index in [1.807, 2.05) is 0 Å². The molecule has 0 aliphatic rings. The van der Waals surface area contributed by atoms with E-state index >= 15 is 0 Å². The Kier molecular flexibility index (Phi) is 3.82. The molecule has 4 N–H and O–H groups in total. The molecule has 0 aliphatic carbocycles. The Morgan fingerprint density at radius 3 is 2.86 bits per heavy atom. The number of ether oxygens (including phenoxy) is 1. The Balaban J connectivity index is 2.83. The first-order valence-electron chi connectivity index (χ1n) is 4.25. The van der Waals surface area contributed by atoms with Crippen molar-refractivity contribution in [2.75, 3.05) is 13.7 Å². The third kappa shape index (κ3) is 2.41. The van der Waals surface area contributed by atoms with Gasteiger partial charge in [-0.3, -0.25) is 0 Å². The van der Waals surface area contributed by atoms with Crippen molar-refractivity contribution in [3.8, 4) is 5.88 Å². The molecule has 5 nitrogen and oxygen atoms in total. The Labute approximate surface area is 82.2 Å². The van der Waals surface area contributed by atoms with E-state index in [0.717, 1.165) is 0 Å². The molecule has 1 aromatic heterocycles. The second-order valence-electron chi connectivity index (χ2n) is 2.88. The third-order valence-electron chi connectivity index (χ3n) is 1.92. The van der Waals surface area contributed by atoms with Crippen LogP contribution in [0.2, 0.25) is 0 Å². The van der Waals surface area contributed by atoms with Gasteiger partial charge in [-0.2, -0.15) is 0 Å². The van der Waals surface area contributed by atoms with Crippen LogP contribution in [0, 0.1) is 0 Å². The molecule has 2 unspecified atom stereocenters. The molecule has 0 radical (unpaired) electrons. The van der Waals surface area contributed by atoms with Gasteiger partial charge < -0.3 is 20.7 Å². The number of aromatic nitrogens is 1. The molecule has 0 amide bonds. The van der Waals surface area contributed by atoms with Gasteiger partial charge in [0.25, 0.3) is 0 Å². The molecule has 0 aliphatic heterocycles. The van der Waals surface area contributed by atoms with Crippen LogP contribution in [0.1, 0.15) is 11.7 Å². The molecule has 0 spiro atoms. The lowest BCUT2D eigenvalue weighted by atomic mass is 10.1. The molecular weight excluding hydrogens is 184 g/mol. The molecule has 0 saturated heterocycles. The van der Waals surface area contributed by atoms with Gasteiger partial charge in [-0.1, -0.05) is 0 Å². The predicted octanol–water partition coefficient (Wildman–Crippen LogP) is -0.557. The fraction of sp³-hybridized carbons (Fsp3) is 0.444. The van der Waals surface area contributed by atoms with E-state index in [4.69, 9.17) is 10.5 Å². The van der Waals surface area contributed by atoms with E-state index in [1.54, 1.807) is 12.1 Å². The van der Waals surface area contributed by atoms with Crippen LogP contribution in [0.3, 0.4) is 0 Å². The lowest BCUT2D eigenvalue weighted by molar-refractivity contribution is 0.0241. The fourth-order valence-corrected chi connectivity index (χ4v) is 1.07. The molecule has 1 aromatic rings. The zero-order valence-corrected chi connectivity index (χ0v) is 7.92. The van der Waals surface area contributed by atoms with Crippen molar-refractivity contribution in [3.05, 3.63) is 23.9 Å². The number of methoxy groups -OCH3 is 1. The fourth-order valence-electron chi connectivity index (χ4n) is 1.07. The molecular formula is C9H14N2O3. The minimum Gasteiger partial charge on any atom is -0.481 e. The van der Waals surface area contributed by atoms with E-state index in [0.29, 0.717) is 11.4 Å². The molecule has 0 bridgehead atoms. The normalized spacial score (nSPS) is 14.9. The number of hydrogen-bond acceptors (Lipinski definition) is 5. The Morgan fingerprint density at radius 1 is 1.57 bits per heavy atom. The second-order valence-corrected chi connectivity index (χ2v) is 2.88. The molecule has 0 fully saturated rings. The van der Waals surface area contributed by atoms with Gasteiger partial charge in [-0.05, 0) is 11.6 Å². The molecule has 14 heavy (non-hydrogen) atoms. The van der Waals surface area contributed by atoms with Crippen LogP contribution in [0.25, 0.3) is 0 Å². The number of rotatable bonds is 4. The number of aliphatic hydroxyl groups is 2. The standard InChI is InChI=1S/C9H14N2O3/c1-14-8-4-6(2-3-11-8)9(13)7(12)5-10/h2-4,7,9,12-13H,5,10H2,1H3.